The van der Waals surface area contributed by atoms with Crippen LogP contribution in [0.5, 0.6) is 0 Å². The lowest BCUT2D eigenvalue weighted by molar-refractivity contribution is 0.510. The molecule has 0 radical (unpaired) electrons. The van der Waals surface area contributed by atoms with Crippen LogP contribution < -0.4 is 5.32 Å². The van der Waals surface area contributed by atoms with Crippen LogP contribution >= 0.6 is 0 Å². The third-order valence-electron chi connectivity index (χ3n) is 2.79. The fraction of sp³-hybridized carbons (Fsp3) is 0.571. The largest absolute Gasteiger partial charge is 0.308 e. The van der Waals surface area contributed by atoms with Crippen molar-refractivity contribution in [1.29, 1.82) is 0 Å². The minimum atomic E-state index is 0.246. The zero-order valence-corrected chi connectivity index (χ0v) is 11.2. The molecule has 1 N–H and O–H groups in total. The molecule has 0 aromatic carbocycles. The normalized spacial score (nSPS) is 12.4. The molecular weight excluding hydrogens is 210 g/mol. The molecule has 1 atom stereocenters. The van der Waals surface area contributed by atoms with Gasteiger partial charge in [-0.3, -0.25) is 9.97 Å². The third kappa shape index (κ3) is 4.65. The lowest BCUT2D eigenvalue weighted by Crippen LogP contribution is -2.23. The van der Waals surface area contributed by atoms with Crippen LogP contribution in [0.4, 0.5) is 0 Å². The summed E-state index contributed by atoms with van der Waals surface area (Å²) in [5, 5.41) is 3.51. The number of rotatable bonds is 7. The van der Waals surface area contributed by atoms with E-state index in [0.29, 0.717) is 0 Å². The lowest BCUT2D eigenvalue weighted by atomic mass is 10.0. The van der Waals surface area contributed by atoms with E-state index in [-0.39, 0.29) is 6.04 Å². The molecule has 0 saturated carbocycles. The summed E-state index contributed by atoms with van der Waals surface area (Å²) in [6.45, 7) is 11.3. The van der Waals surface area contributed by atoms with Crippen LogP contribution in [0.15, 0.2) is 24.5 Å². The van der Waals surface area contributed by atoms with Gasteiger partial charge in [0.05, 0.1) is 23.6 Å². The zero-order chi connectivity index (χ0) is 12.7. The van der Waals surface area contributed by atoms with E-state index in [1.807, 2.05) is 19.3 Å². The van der Waals surface area contributed by atoms with Gasteiger partial charge in [-0.1, -0.05) is 26.0 Å². The van der Waals surface area contributed by atoms with E-state index in [2.05, 4.69) is 35.7 Å². The Balaban J connectivity index is 2.74. The van der Waals surface area contributed by atoms with Gasteiger partial charge in [0.25, 0.3) is 0 Å². The molecule has 1 rings (SSSR count). The number of hydrogen-bond acceptors (Lipinski definition) is 3. The quantitative estimate of drug-likeness (QED) is 0.735. The van der Waals surface area contributed by atoms with Crippen LogP contribution in [0.2, 0.25) is 0 Å². The highest BCUT2D eigenvalue weighted by atomic mass is 14.9. The van der Waals surface area contributed by atoms with E-state index in [4.69, 9.17) is 0 Å². The van der Waals surface area contributed by atoms with Crippen LogP contribution in [0.1, 0.15) is 50.5 Å². The Kier molecular flexibility index (Phi) is 5.84. The summed E-state index contributed by atoms with van der Waals surface area (Å²) in [6.07, 6.45) is 6.77. The van der Waals surface area contributed by atoms with Gasteiger partial charge in [0.15, 0.2) is 0 Å². The van der Waals surface area contributed by atoms with Crippen LogP contribution in [0, 0.1) is 6.92 Å². The standard InChI is InChI=1S/C14H23N3/c1-5-7-15-13(8-11(3)6-2)14-10-16-12(4)9-17-14/h9-10,13,15H,3,5-8H2,1-2,4H3. The molecule has 17 heavy (non-hydrogen) atoms. The van der Waals surface area contributed by atoms with Crippen LogP contribution in [0.3, 0.4) is 0 Å². The van der Waals surface area contributed by atoms with Crippen molar-refractivity contribution in [3.05, 3.63) is 35.9 Å². The highest BCUT2D eigenvalue weighted by molar-refractivity contribution is 5.10. The molecule has 0 fully saturated rings. The number of aromatic nitrogens is 2. The maximum atomic E-state index is 4.45. The van der Waals surface area contributed by atoms with Gasteiger partial charge < -0.3 is 5.32 Å². The molecule has 1 unspecified atom stereocenters. The van der Waals surface area contributed by atoms with Crippen molar-refractivity contribution in [2.45, 2.75) is 46.1 Å². The lowest BCUT2D eigenvalue weighted by Gasteiger charge is -2.18. The first-order valence-electron chi connectivity index (χ1n) is 6.35. The van der Waals surface area contributed by atoms with E-state index in [1.165, 1.54) is 5.57 Å². The van der Waals surface area contributed by atoms with E-state index in [1.54, 1.807) is 0 Å². The van der Waals surface area contributed by atoms with Crippen molar-refractivity contribution in [2.75, 3.05) is 6.54 Å². The second kappa shape index (κ2) is 7.17. The topological polar surface area (TPSA) is 37.8 Å². The maximum absolute atomic E-state index is 4.45. The van der Waals surface area contributed by atoms with Crippen molar-refractivity contribution < 1.29 is 0 Å². The molecule has 0 spiro atoms. The van der Waals surface area contributed by atoms with Gasteiger partial charge >= 0.3 is 0 Å². The maximum Gasteiger partial charge on any atom is 0.0759 e. The first kappa shape index (κ1) is 13.8. The smallest absolute Gasteiger partial charge is 0.0759 e. The van der Waals surface area contributed by atoms with Gasteiger partial charge in [0, 0.05) is 6.20 Å². The molecule has 0 aliphatic rings. The Labute approximate surface area is 104 Å². The molecule has 1 aromatic rings. The summed E-state index contributed by atoms with van der Waals surface area (Å²) in [5.41, 5.74) is 3.22. The summed E-state index contributed by atoms with van der Waals surface area (Å²) in [7, 11) is 0. The van der Waals surface area contributed by atoms with Crippen LogP contribution in [-0.4, -0.2) is 16.5 Å². The second-order valence-electron chi connectivity index (χ2n) is 4.40. The Morgan fingerprint density at radius 1 is 1.35 bits per heavy atom. The number of hydrogen-bond donors (Lipinski definition) is 1. The zero-order valence-electron chi connectivity index (χ0n) is 11.2. The first-order valence-corrected chi connectivity index (χ1v) is 6.35. The highest BCUT2D eigenvalue weighted by Crippen LogP contribution is 2.19. The SMILES string of the molecule is C=C(CC)CC(NCCC)c1cnc(C)cn1. The first-order chi connectivity index (χ1) is 8.17. The van der Waals surface area contributed by atoms with E-state index in [9.17, 15) is 0 Å². The monoisotopic (exact) mass is 233 g/mol. The fourth-order valence-electron chi connectivity index (χ4n) is 1.62. The van der Waals surface area contributed by atoms with E-state index >= 15 is 0 Å². The Morgan fingerprint density at radius 2 is 2.12 bits per heavy atom. The number of nitrogens with zero attached hydrogens (tertiary/aromatic N) is 2. The summed E-state index contributed by atoms with van der Waals surface area (Å²) >= 11 is 0. The van der Waals surface area contributed by atoms with Crippen molar-refractivity contribution in [3.8, 4) is 0 Å². The minimum absolute atomic E-state index is 0.246. The fourth-order valence-corrected chi connectivity index (χ4v) is 1.62. The Morgan fingerprint density at radius 3 is 2.65 bits per heavy atom. The molecule has 94 valence electrons. The van der Waals surface area contributed by atoms with Gasteiger partial charge in [-0.15, -0.1) is 0 Å². The molecule has 0 aliphatic heterocycles. The van der Waals surface area contributed by atoms with Crippen molar-refractivity contribution in [3.63, 3.8) is 0 Å². The van der Waals surface area contributed by atoms with Crippen LogP contribution in [-0.2, 0) is 0 Å². The van der Waals surface area contributed by atoms with Gasteiger partial charge in [-0.05, 0) is 32.7 Å². The van der Waals surface area contributed by atoms with Gasteiger partial charge in [0.1, 0.15) is 0 Å². The average Bonchev–Trinajstić information content (AvgIpc) is 2.35. The number of nitrogens with one attached hydrogen (secondary N) is 1. The van der Waals surface area contributed by atoms with Gasteiger partial charge in [0.2, 0.25) is 0 Å². The Bertz CT molecular complexity index is 343. The highest BCUT2D eigenvalue weighted by Gasteiger charge is 2.13. The average molecular weight is 233 g/mol. The summed E-state index contributed by atoms with van der Waals surface area (Å²) in [4.78, 5) is 8.76. The summed E-state index contributed by atoms with van der Waals surface area (Å²) in [5.74, 6) is 0. The molecule has 3 heteroatoms. The molecule has 3 nitrogen and oxygen atoms in total. The summed E-state index contributed by atoms with van der Waals surface area (Å²) in [6, 6.07) is 0.246. The molecular formula is C14H23N3. The number of aryl methyl sites for hydroxylation is 1. The second-order valence-corrected chi connectivity index (χ2v) is 4.40. The minimum Gasteiger partial charge on any atom is -0.308 e. The van der Waals surface area contributed by atoms with Crippen molar-refractivity contribution in [2.24, 2.45) is 0 Å². The predicted molar refractivity (Wildman–Crippen MR) is 71.9 cm³/mol. The van der Waals surface area contributed by atoms with Crippen molar-refractivity contribution >= 4 is 0 Å². The molecule has 1 heterocycles. The third-order valence-corrected chi connectivity index (χ3v) is 2.79. The van der Waals surface area contributed by atoms with E-state index in [0.717, 1.165) is 37.2 Å². The molecule has 1 aromatic heterocycles. The van der Waals surface area contributed by atoms with Gasteiger partial charge in [-0.25, -0.2) is 0 Å². The molecule has 0 bridgehead atoms. The molecule has 0 saturated heterocycles. The predicted octanol–water partition coefficient (Wildman–Crippen LogP) is 3.18. The molecule has 0 aliphatic carbocycles. The van der Waals surface area contributed by atoms with E-state index < -0.39 is 0 Å². The summed E-state index contributed by atoms with van der Waals surface area (Å²) < 4.78 is 0. The molecule has 0 amide bonds. The van der Waals surface area contributed by atoms with Crippen molar-refractivity contribution in [1.82, 2.24) is 15.3 Å². The van der Waals surface area contributed by atoms with Crippen LogP contribution in [0.25, 0.3) is 0 Å². The van der Waals surface area contributed by atoms with Gasteiger partial charge in [-0.2, -0.15) is 0 Å². The Hall–Kier alpha value is -1.22.